The van der Waals surface area contributed by atoms with Crippen LogP contribution in [-0.2, 0) is 6.18 Å². The topological polar surface area (TPSA) is 21.3 Å². The van der Waals surface area contributed by atoms with Crippen LogP contribution < -0.4 is 10.1 Å². The van der Waals surface area contributed by atoms with Crippen LogP contribution in [0.3, 0.4) is 0 Å². The monoisotopic (exact) mass is 359 g/mol. The fourth-order valence-electron chi connectivity index (χ4n) is 2.87. The molecule has 5 heteroatoms. The van der Waals surface area contributed by atoms with Gasteiger partial charge in [0.2, 0.25) is 0 Å². The number of ether oxygens (including phenoxy) is 1. The second-order valence-corrected chi connectivity index (χ2v) is 6.33. The predicted octanol–water partition coefficient (Wildman–Crippen LogP) is 6.08. The number of alkyl halides is 3. The van der Waals surface area contributed by atoms with E-state index in [0.29, 0.717) is 12.2 Å². The second-order valence-electron chi connectivity index (χ2n) is 6.33. The van der Waals surface area contributed by atoms with Gasteiger partial charge < -0.3 is 10.1 Å². The van der Waals surface area contributed by atoms with Crippen molar-refractivity contribution in [2.24, 2.45) is 0 Å². The Morgan fingerprint density at radius 1 is 0.962 bits per heavy atom. The van der Waals surface area contributed by atoms with Gasteiger partial charge in [-0.15, -0.1) is 0 Å². The highest BCUT2D eigenvalue weighted by Gasteiger charge is 2.30. The normalized spacial score (nSPS) is 12.8. The molecule has 0 spiro atoms. The Labute approximate surface area is 150 Å². The molecule has 3 aromatic carbocycles. The lowest BCUT2D eigenvalue weighted by molar-refractivity contribution is -0.137. The molecule has 136 valence electrons. The summed E-state index contributed by atoms with van der Waals surface area (Å²) in [7, 11) is 1.64. The molecule has 0 amide bonds. The van der Waals surface area contributed by atoms with Crippen LogP contribution in [0, 0.1) is 0 Å². The number of methoxy groups -OCH3 is 1. The fourth-order valence-corrected chi connectivity index (χ4v) is 2.87. The first-order chi connectivity index (χ1) is 12.4. The van der Waals surface area contributed by atoms with Gasteiger partial charge in [-0.1, -0.05) is 37.3 Å². The average molecular weight is 359 g/mol. The van der Waals surface area contributed by atoms with E-state index < -0.39 is 11.7 Å². The van der Waals surface area contributed by atoms with Gasteiger partial charge in [0.25, 0.3) is 0 Å². The summed E-state index contributed by atoms with van der Waals surface area (Å²) in [5.41, 5.74) is 0.953. The fraction of sp³-hybridized carbons (Fsp3) is 0.238. The van der Waals surface area contributed by atoms with Crippen molar-refractivity contribution in [3.63, 3.8) is 0 Å². The molecule has 26 heavy (non-hydrogen) atoms. The number of hydrogen-bond donors (Lipinski definition) is 1. The van der Waals surface area contributed by atoms with E-state index in [0.717, 1.165) is 34.2 Å². The van der Waals surface area contributed by atoms with E-state index in [-0.39, 0.29) is 5.92 Å². The highest BCUT2D eigenvalue weighted by atomic mass is 19.4. The van der Waals surface area contributed by atoms with Gasteiger partial charge >= 0.3 is 6.18 Å². The molecule has 2 nitrogen and oxygen atoms in total. The maximum Gasteiger partial charge on any atom is 0.416 e. The van der Waals surface area contributed by atoms with Crippen LogP contribution in [0.2, 0.25) is 0 Å². The molecular weight excluding hydrogens is 339 g/mol. The minimum absolute atomic E-state index is 0.149. The van der Waals surface area contributed by atoms with Crippen molar-refractivity contribution in [2.45, 2.75) is 19.0 Å². The van der Waals surface area contributed by atoms with Gasteiger partial charge in [0.15, 0.2) is 0 Å². The lowest BCUT2D eigenvalue weighted by Gasteiger charge is -2.16. The molecular formula is C21H20F3NO. The third-order valence-corrected chi connectivity index (χ3v) is 4.44. The van der Waals surface area contributed by atoms with E-state index in [9.17, 15) is 13.2 Å². The smallest absolute Gasteiger partial charge is 0.416 e. The Kier molecular flexibility index (Phi) is 5.07. The van der Waals surface area contributed by atoms with Crippen molar-refractivity contribution in [1.29, 1.82) is 0 Å². The van der Waals surface area contributed by atoms with Crippen LogP contribution in [0.1, 0.15) is 24.0 Å². The highest BCUT2D eigenvalue weighted by molar-refractivity contribution is 5.84. The van der Waals surface area contributed by atoms with Gasteiger partial charge in [0.05, 0.1) is 12.7 Å². The molecule has 0 fully saturated rings. The summed E-state index contributed by atoms with van der Waals surface area (Å²) in [5.74, 6) is 0.959. The van der Waals surface area contributed by atoms with Gasteiger partial charge in [-0.3, -0.25) is 0 Å². The van der Waals surface area contributed by atoms with E-state index >= 15 is 0 Å². The standard InChI is InChI=1S/C21H20F3NO/c1-14(13-25-19-5-3-4-18(12-19)21(22,23)24)15-6-7-17-11-20(26-2)9-8-16(17)10-15/h3-12,14,25H,13H2,1-2H3. The van der Waals surface area contributed by atoms with Crippen molar-refractivity contribution >= 4 is 16.5 Å². The molecule has 0 aliphatic carbocycles. The zero-order chi connectivity index (χ0) is 18.7. The largest absolute Gasteiger partial charge is 0.497 e. The summed E-state index contributed by atoms with van der Waals surface area (Å²) < 4.78 is 43.6. The average Bonchev–Trinajstić information content (AvgIpc) is 2.64. The summed E-state index contributed by atoms with van der Waals surface area (Å²) in [6.45, 7) is 2.59. The van der Waals surface area contributed by atoms with Crippen molar-refractivity contribution in [3.05, 3.63) is 71.8 Å². The van der Waals surface area contributed by atoms with E-state index in [1.165, 1.54) is 6.07 Å². The van der Waals surface area contributed by atoms with Gasteiger partial charge in [-0.2, -0.15) is 13.2 Å². The number of rotatable bonds is 5. The molecule has 3 rings (SSSR count). The number of fused-ring (bicyclic) bond motifs is 1. The molecule has 1 unspecified atom stereocenters. The SMILES string of the molecule is COc1ccc2cc(C(C)CNc3cccc(C(F)(F)F)c3)ccc2c1. The van der Waals surface area contributed by atoms with E-state index in [1.54, 1.807) is 13.2 Å². The Bertz CT molecular complexity index is 905. The Morgan fingerprint density at radius 2 is 1.69 bits per heavy atom. The number of benzene rings is 3. The molecule has 0 bridgehead atoms. The highest BCUT2D eigenvalue weighted by Crippen LogP contribution is 2.31. The van der Waals surface area contributed by atoms with Crippen LogP contribution in [0.25, 0.3) is 10.8 Å². The van der Waals surface area contributed by atoms with Gasteiger partial charge in [-0.05, 0) is 52.6 Å². The molecule has 1 N–H and O–H groups in total. The Balaban J connectivity index is 1.72. The molecule has 0 aliphatic heterocycles. The minimum Gasteiger partial charge on any atom is -0.497 e. The van der Waals surface area contributed by atoms with Crippen LogP contribution in [0.15, 0.2) is 60.7 Å². The summed E-state index contributed by atoms with van der Waals surface area (Å²) in [5, 5.41) is 5.30. The molecule has 0 saturated heterocycles. The lowest BCUT2D eigenvalue weighted by atomic mass is 9.97. The van der Waals surface area contributed by atoms with Crippen LogP contribution in [-0.4, -0.2) is 13.7 Å². The quantitative estimate of drug-likeness (QED) is 0.596. The van der Waals surface area contributed by atoms with Crippen LogP contribution in [0.4, 0.5) is 18.9 Å². The Hall–Kier alpha value is -2.69. The van der Waals surface area contributed by atoms with Gasteiger partial charge in [-0.25, -0.2) is 0 Å². The second kappa shape index (κ2) is 7.28. The van der Waals surface area contributed by atoms with E-state index in [1.807, 2.05) is 37.3 Å². The summed E-state index contributed by atoms with van der Waals surface area (Å²) in [4.78, 5) is 0. The summed E-state index contributed by atoms with van der Waals surface area (Å²) >= 11 is 0. The van der Waals surface area contributed by atoms with Crippen LogP contribution >= 0.6 is 0 Å². The third kappa shape index (κ3) is 4.10. The molecule has 0 aliphatic rings. The first-order valence-corrected chi connectivity index (χ1v) is 8.35. The molecule has 0 aromatic heterocycles. The van der Waals surface area contributed by atoms with E-state index in [4.69, 9.17) is 4.74 Å². The summed E-state index contributed by atoms with van der Waals surface area (Å²) in [6, 6.07) is 17.4. The van der Waals surface area contributed by atoms with Crippen molar-refractivity contribution in [2.75, 3.05) is 19.0 Å². The zero-order valence-electron chi connectivity index (χ0n) is 14.6. The molecule has 3 aromatic rings. The number of hydrogen-bond acceptors (Lipinski definition) is 2. The lowest BCUT2D eigenvalue weighted by Crippen LogP contribution is -2.11. The van der Waals surface area contributed by atoms with Gasteiger partial charge in [0.1, 0.15) is 5.75 Å². The first-order valence-electron chi connectivity index (χ1n) is 8.35. The van der Waals surface area contributed by atoms with Crippen molar-refractivity contribution in [1.82, 2.24) is 0 Å². The zero-order valence-corrected chi connectivity index (χ0v) is 14.6. The van der Waals surface area contributed by atoms with Crippen LogP contribution in [0.5, 0.6) is 5.75 Å². The summed E-state index contributed by atoms with van der Waals surface area (Å²) in [6.07, 6.45) is -4.33. The molecule has 0 radical (unpaired) electrons. The van der Waals surface area contributed by atoms with E-state index in [2.05, 4.69) is 11.4 Å². The third-order valence-electron chi connectivity index (χ3n) is 4.44. The molecule has 1 atom stereocenters. The molecule has 0 heterocycles. The van der Waals surface area contributed by atoms with Gasteiger partial charge in [0, 0.05) is 12.2 Å². The maximum absolute atomic E-state index is 12.8. The molecule has 0 saturated carbocycles. The van der Waals surface area contributed by atoms with Crippen molar-refractivity contribution < 1.29 is 17.9 Å². The number of nitrogens with one attached hydrogen (secondary N) is 1. The predicted molar refractivity (Wildman–Crippen MR) is 98.8 cm³/mol. The Morgan fingerprint density at radius 3 is 2.42 bits per heavy atom. The minimum atomic E-state index is -4.33. The number of anilines is 1. The maximum atomic E-state index is 12.8. The number of halogens is 3. The van der Waals surface area contributed by atoms with Crippen molar-refractivity contribution in [3.8, 4) is 5.75 Å². The first kappa shape index (κ1) is 18.1.